The summed E-state index contributed by atoms with van der Waals surface area (Å²) in [5, 5.41) is 0. The van der Waals surface area contributed by atoms with Gasteiger partial charge in [0, 0.05) is 6.20 Å². The predicted octanol–water partition coefficient (Wildman–Crippen LogP) is 1.18. The quantitative estimate of drug-likeness (QED) is 0.524. The highest BCUT2D eigenvalue weighted by Gasteiger charge is 1.97. The van der Waals surface area contributed by atoms with Crippen molar-refractivity contribution in [2.75, 3.05) is 5.73 Å². The number of hydrogen-bond donors (Lipinski definition) is 1. The summed E-state index contributed by atoms with van der Waals surface area (Å²) in [5.41, 5.74) is 7.92. The van der Waals surface area contributed by atoms with Gasteiger partial charge in [0.05, 0.1) is 11.4 Å². The van der Waals surface area contributed by atoms with Gasteiger partial charge >= 0.3 is 0 Å². The lowest BCUT2D eigenvalue weighted by atomic mass is 10.2. The Kier molecular flexibility index (Phi) is 2.58. The molecule has 1 aromatic heterocycles. The fraction of sp³-hybridized carbons (Fsp3) is 0.111. The maximum atomic E-state index is 10.0. The largest absolute Gasteiger partial charge is 0.397 e. The van der Waals surface area contributed by atoms with E-state index in [1.165, 1.54) is 6.08 Å². The number of anilines is 1. The van der Waals surface area contributed by atoms with Crippen LogP contribution in [0.3, 0.4) is 0 Å². The van der Waals surface area contributed by atoms with Gasteiger partial charge in [-0.05, 0) is 30.7 Å². The zero-order chi connectivity index (χ0) is 8.97. The van der Waals surface area contributed by atoms with Crippen LogP contribution >= 0.6 is 0 Å². The van der Waals surface area contributed by atoms with E-state index in [1.807, 2.05) is 13.0 Å². The second-order valence-corrected chi connectivity index (χ2v) is 2.42. The molecule has 0 spiro atoms. The second kappa shape index (κ2) is 3.67. The molecule has 0 aromatic carbocycles. The fourth-order valence-electron chi connectivity index (χ4n) is 0.854. The summed E-state index contributed by atoms with van der Waals surface area (Å²) in [5.74, 6) is 0. The molecule has 0 atom stereocenters. The van der Waals surface area contributed by atoms with Gasteiger partial charge in [0.2, 0.25) is 0 Å². The number of carbonyl (C=O) groups is 1. The van der Waals surface area contributed by atoms with Crippen LogP contribution < -0.4 is 5.73 Å². The molecule has 3 nitrogen and oxygen atoms in total. The average molecular weight is 162 g/mol. The van der Waals surface area contributed by atoms with Gasteiger partial charge in [-0.25, -0.2) is 0 Å². The number of aldehydes is 1. The van der Waals surface area contributed by atoms with Crippen LogP contribution in [0.4, 0.5) is 5.69 Å². The van der Waals surface area contributed by atoms with E-state index in [0.29, 0.717) is 17.7 Å². The normalized spacial score (nSPS) is 10.4. The molecular formula is C9H10N2O. The molecule has 1 aromatic rings. The second-order valence-electron chi connectivity index (χ2n) is 2.42. The predicted molar refractivity (Wildman–Crippen MR) is 48.5 cm³/mol. The van der Waals surface area contributed by atoms with Crippen molar-refractivity contribution >= 4 is 18.0 Å². The highest BCUT2D eigenvalue weighted by atomic mass is 16.1. The summed E-state index contributed by atoms with van der Waals surface area (Å²) in [6.45, 7) is 1.90. The maximum Gasteiger partial charge on any atom is 0.142 e. The van der Waals surface area contributed by atoms with E-state index in [1.54, 1.807) is 12.3 Å². The lowest BCUT2D eigenvalue weighted by Crippen LogP contribution is -1.95. The summed E-state index contributed by atoms with van der Waals surface area (Å²) in [6.07, 6.45) is 5.33. The number of carbonyl (C=O) groups excluding carboxylic acids is 1. The number of aryl methyl sites for hydroxylation is 1. The van der Waals surface area contributed by atoms with Crippen molar-refractivity contribution in [1.82, 2.24) is 4.98 Å². The molecule has 0 aliphatic carbocycles. The van der Waals surface area contributed by atoms with Gasteiger partial charge in [-0.1, -0.05) is 0 Å². The zero-order valence-corrected chi connectivity index (χ0v) is 6.82. The minimum Gasteiger partial charge on any atom is -0.397 e. The molecule has 62 valence electrons. The molecule has 0 saturated heterocycles. The Hall–Kier alpha value is -1.64. The number of nitrogens with two attached hydrogens (primary N) is 1. The molecule has 3 heteroatoms. The van der Waals surface area contributed by atoms with Crippen LogP contribution in [0.1, 0.15) is 11.3 Å². The van der Waals surface area contributed by atoms with Gasteiger partial charge < -0.3 is 5.73 Å². The average Bonchev–Trinajstić information content (AvgIpc) is 2.08. The van der Waals surface area contributed by atoms with Gasteiger partial charge in [-0.2, -0.15) is 0 Å². The summed E-state index contributed by atoms with van der Waals surface area (Å²) >= 11 is 0. The molecule has 0 saturated carbocycles. The Morgan fingerprint density at radius 2 is 2.33 bits per heavy atom. The summed E-state index contributed by atoms with van der Waals surface area (Å²) in [7, 11) is 0. The summed E-state index contributed by atoms with van der Waals surface area (Å²) in [6, 6.07) is 1.83. The Balaban J connectivity index is 3.07. The van der Waals surface area contributed by atoms with Crippen LogP contribution in [0.5, 0.6) is 0 Å². The van der Waals surface area contributed by atoms with E-state index in [4.69, 9.17) is 5.73 Å². The monoisotopic (exact) mass is 162 g/mol. The minimum absolute atomic E-state index is 0.621. The van der Waals surface area contributed by atoms with Crippen molar-refractivity contribution in [3.05, 3.63) is 29.6 Å². The van der Waals surface area contributed by atoms with E-state index >= 15 is 0 Å². The van der Waals surface area contributed by atoms with Gasteiger partial charge in [0.25, 0.3) is 0 Å². The number of allylic oxidation sites excluding steroid dienone is 1. The van der Waals surface area contributed by atoms with Crippen molar-refractivity contribution in [2.24, 2.45) is 0 Å². The Labute approximate surface area is 70.9 Å². The van der Waals surface area contributed by atoms with Crippen LogP contribution in [-0.4, -0.2) is 11.3 Å². The molecule has 0 unspecified atom stereocenters. The molecule has 0 amide bonds. The number of nitrogen functional groups attached to an aromatic ring is 1. The molecular weight excluding hydrogens is 152 g/mol. The highest BCUT2D eigenvalue weighted by molar-refractivity contribution is 5.76. The van der Waals surface area contributed by atoms with Crippen LogP contribution in [0.2, 0.25) is 0 Å². The summed E-state index contributed by atoms with van der Waals surface area (Å²) in [4.78, 5) is 14.0. The molecule has 0 bridgehead atoms. The fourth-order valence-corrected chi connectivity index (χ4v) is 0.854. The van der Waals surface area contributed by atoms with Crippen molar-refractivity contribution in [2.45, 2.75) is 6.92 Å². The van der Waals surface area contributed by atoms with E-state index in [-0.39, 0.29) is 0 Å². The van der Waals surface area contributed by atoms with Crippen LogP contribution in [0, 0.1) is 6.92 Å². The van der Waals surface area contributed by atoms with Crippen molar-refractivity contribution in [3.63, 3.8) is 0 Å². The van der Waals surface area contributed by atoms with Crippen LogP contribution in [-0.2, 0) is 4.79 Å². The van der Waals surface area contributed by atoms with Crippen molar-refractivity contribution in [3.8, 4) is 0 Å². The number of aromatic nitrogens is 1. The maximum absolute atomic E-state index is 10.0. The Bertz CT molecular complexity index is 318. The minimum atomic E-state index is 0.621. The molecule has 0 radical (unpaired) electrons. The molecule has 0 aliphatic heterocycles. The van der Waals surface area contributed by atoms with E-state index in [0.717, 1.165) is 5.56 Å². The molecule has 0 fully saturated rings. The lowest BCUT2D eigenvalue weighted by molar-refractivity contribution is -0.104. The van der Waals surface area contributed by atoms with E-state index in [9.17, 15) is 4.79 Å². The van der Waals surface area contributed by atoms with Gasteiger partial charge in [0.1, 0.15) is 6.29 Å². The number of rotatable bonds is 2. The topological polar surface area (TPSA) is 56.0 Å². The van der Waals surface area contributed by atoms with Crippen molar-refractivity contribution < 1.29 is 4.79 Å². The Morgan fingerprint density at radius 1 is 1.58 bits per heavy atom. The van der Waals surface area contributed by atoms with E-state index in [2.05, 4.69) is 4.98 Å². The lowest BCUT2D eigenvalue weighted by Gasteiger charge is -2.01. The third-order valence-electron chi connectivity index (χ3n) is 1.57. The van der Waals surface area contributed by atoms with Crippen LogP contribution in [0.25, 0.3) is 6.08 Å². The number of nitrogens with zero attached hydrogens (tertiary/aromatic N) is 1. The number of hydrogen-bond acceptors (Lipinski definition) is 3. The standard InChI is InChI=1S/C9H10N2O/c1-7-4-5-11-8(9(7)10)3-2-6-12/h2-6H,10H2,1H3. The molecule has 2 N–H and O–H groups in total. The van der Waals surface area contributed by atoms with Crippen LogP contribution in [0.15, 0.2) is 18.3 Å². The number of pyridine rings is 1. The SMILES string of the molecule is Cc1ccnc(C=CC=O)c1N. The first-order valence-corrected chi connectivity index (χ1v) is 3.58. The summed E-state index contributed by atoms with van der Waals surface area (Å²) < 4.78 is 0. The Morgan fingerprint density at radius 3 is 3.00 bits per heavy atom. The van der Waals surface area contributed by atoms with Crippen molar-refractivity contribution in [1.29, 1.82) is 0 Å². The zero-order valence-electron chi connectivity index (χ0n) is 6.82. The molecule has 1 rings (SSSR count). The molecule has 12 heavy (non-hydrogen) atoms. The third kappa shape index (κ3) is 1.69. The molecule has 1 heterocycles. The van der Waals surface area contributed by atoms with Gasteiger partial charge in [-0.15, -0.1) is 0 Å². The first-order valence-electron chi connectivity index (χ1n) is 3.58. The molecule has 0 aliphatic rings. The first-order chi connectivity index (χ1) is 5.75. The third-order valence-corrected chi connectivity index (χ3v) is 1.57. The van der Waals surface area contributed by atoms with E-state index < -0.39 is 0 Å². The first kappa shape index (κ1) is 8.46. The smallest absolute Gasteiger partial charge is 0.142 e. The van der Waals surface area contributed by atoms with Gasteiger partial charge in [0.15, 0.2) is 0 Å². The van der Waals surface area contributed by atoms with Gasteiger partial charge in [-0.3, -0.25) is 9.78 Å². The highest BCUT2D eigenvalue weighted by Crippen LogP contribution is 2.14.